The van der Waals surface area contributed by atoms with Gasteiger partial charge in [0.1, 0.15) is 12.4 Å². The molecule has 3 heteroatoms. The third kappa shape index (κ3) is 3.56. The summed E-state index contributed by atoms with van der Waals surface area (Å²) in [6, 6.07) is 18.1. The Labute approximate surface area is 114 Å². The van der Waals surface area contributed by atoms with Gasteiger partial charge >= 0.3 is 0 Å². The Morgan fingerprint density at radius 3 is 2.16 bits per heavy atom. The highest BCUT2D eigenvalue weighted by atomic mass is 16.5. The third-order valence-electron chi connectivity index (χ3n) is 3.17. The molecule has 0 heterocycles. The Morgan fingerprint density at radius 2 is 1.47 bits per heavy atom. The maximum absolute atomic E-state index is 5.90. The van der Waals surface area contributed by atoms with Crippen LogP contribution in [0.4, 0.5) is 0 Å². The molecule has 0 saturated heterocycles. The molecule has 0 saturated carbocycles. The number of hydrogen-bond donors (Lipinski definition) is 2. The van der Waals surface area contributed by atoms with E-state index in [0.29, 0.717) is 19.7 Å². The van der Waals surface area contributed by atoms with Crippen molar-refractivity contribution in [1.82, 2.24) is 0 Å². The van der Waals surface area contributed by atoms with E-state index in [0.717, 1.165) is 16.9 Å². The van der Waals surface area contributed by atoms with Crippen molar-refractivity contribution in [3.05, 3.63) is 65.7 Å². The number of rotatable bonds is 6. The van der Waals surface area contributed by atoms with Gasteiger partial charge in [-0.25, -0.2) is 0 Å². The van der Waals surface area contributed by atoms with Crippen LogP contribution in [0, 0.1) is 0 Å². The standard InChI is InChI=1S/C16H20N2O/c17-10-14(11-18)15-8-4-5-9-16(15)19-12-13-6-2-1-3-7-13/h1-9,14H,10-12,17-18H2. The lowest BCUT2D eigenvalue weighted by molar-refractivity contribution is 0.301. The van der Waals surface area contributed by atoms with E-state index >= 15 is 0 Å². The van der Waals surface area contributed by atoms with Crippen molar-refractivity contribution in [2.75, 3.05) is 13.1 Å². The summed E-state index contributed by atoms with van der Waals surface area (Å²) < 4.78 is 5.90. The van der Waals surface area contributed by atoms with E-state index in [9.17, 15) is 0 Å². The van der Waals surface area contributed by atoms with Gasteiger partial charge in [0.15, 0.2) is 0 Å². The first-order valence-corrected chi connectivity index (χ1v) is 6.51. The SMILES string of the molecule is NCC(CN)c1ccccc1OCc1ccccc1. The molecular weight excluding hydrogens is 236 g/mol. The Kier molecular flexibility index (Phi) is 4.95. The summed E-state index contributed by atoms with van der Waals surface area (Å²) in [5.74, 6) is 1.01. The molecule has 2 rings (SSSR count). The van der Waals surface area contributed by atoms with E-state index in [1.54, 1.807) is 0 Å². The average molecular weight is 256 g/mol. The normalized spacial score (nSPS) is 10.7. The molecule has 2 aromatic rings. The monoisotopic (exact) mass is 256 g/mol. The van der Waals surface area contributed by atoms with Crippen LogP contribution in [0.2, 0.25) is 0 Å². The highest BCUT2D eigenvalue weighted by Gasteiger charge is 2.12. The van der Waals surface area contributed by atoms with Gasteiger partial charge in [0, 0.05) is 19.0 Å². The molecule has 4 N–H and O–H groups in total. The Balaban J connectivity index is 2.12. The zero-order valence-corrected chi connectivity index (χ0v) is 11.0. The minimum atomic E-state index is 0.145. The van der Waals surface area contributed by atoms with Crippen molar-refractivity contribution in [2.45, 2.75) is 12.5 Å². The molecule has 0 aliphatic carbocycles. The number of para-hydroxylation sites is 1. The van der Waals surface area contributed by atoms with E-state index in [2.05, 4.69) is 0 Å². The summed E-state index contributed by atoms with van der Waals surface area (Å²) >= 11 is 0. The van der Waals surface area contributed by atoms with Gasteiger partial charge in [0.2, 0.25) is 0 Å². The smallest absolute Gasteiger partial charge is 0.123 e. The fourth-order valence-electron chi connectivity index (χ4n) is 2.03. The van der Waals surface area contributed by atoms with E-state index < -0.39 is 0 Å². The van der Waals surface area contributed by atoms with Crippen LogP contribution in [-0.2, 0) is 6.61 Å². The van der Waals surface area contributed by atoms with Gasteiger partial charge in [-0.15, -0.1) is 0 Å². The minimum Gasteiger partial charge on any atom is -0.489 e. The maximum atomic E-state index is 5.90. The van der Waals surface area contributed by atoms with Gasteiger partial charge in [0.25, 0.3) is 0 Å². The lowest BCUT2D eigenvalue weighted by Gasteiger charge is -2.17. The summed E-state index contributed by atoms with van der Waals surface area (Å²) in [6.07, 6.45) is 0. The fourth-order valence-corrected chi connectivity index (χ4v) is 2.03. The molecule has 0 aliphatic rings. The highest BCUT2D eigenvalue weighted by molar-refractivity contribution is 5.37. The summed E-state index contributed by atoms with van der Waals surface area (Å²) in [5.41, 5.74) is 13.7. The molecule has 0 fully saturated rings. The predicted octanol–water partition coefficient (Wildman–Crippen LogP) is 2.27. The Hall–Kier alpha value is -1.84. The average Bonchev–Trinajstić information content (AvgIpc) is 2.48. The molecular formula is C16H20N2O. The van der Waals surface area contributed by atoms with Crippen LogP contribution in [0.25, 0.3) is 0 Å². The summed E-state index contributed by atoms with van der Waals surface area (Å²) in [6.45, 7) is 1.62. The Morgan fingerprint density at radius 1 is 0.842 bits per heavy atom. The maximum Gasteiger partial charge on any atom is 0.123 e. The second-order valence-electron chi connectivity index (χ2n) is 4.48. The molecule has 2 aromatic carbocycles. The van der Waals surface area contributed by atoms with Crippen molar-refractivity contribution in [3.63, 3.8) is 0 Å². The molecule has 0 unspecified atom stereocenters. The molecule has 0 atom stereocenters. The first-order valence-electron chi connectivity index (χ1n) is 6.51. The van der Waals surface area contributed by atoms with Gasteiger partial charge in [-0.2, -0.15) is 0 Å². The van der Waals surface area contributed by atoms with E-state index in [1.165, 1.54) is 0 Å². The topological polar surface area (TPSA) is 61.3 Å². The minimum absolute atomic E-state index is 0.145. The number of ether oxygens (including phenoxy) is 1. The first-order chi connectivity index (χ1) is 9.35. The molecule has 0 bridgehead atoms. The summed E-state index contributed by atoms with van der Waals surface area (Å²) in [4.78, 5) is 0. The summed E-state index contributed by atoms with van der Waals surface area (Å²) in [5, 5.41) is 0. The van der Waals surface area contributed by atoms with Gasteiger partial charge in [-0.3, -0.25) is 0 Å². The molecule has 3 nitrogen and oxygen atoms in total. The number of hydrogen-bond acceptors (Lipinski definition) is 3. The van der Waals surface area contributed by atoms with Crippen LogP contribution < -0.4 is 16.2 Å². The number of benzene rings is 2. The number of nitrogens with two attached hydrogens (primary N) is 2. The highest BCUT2D eigenvalue weighted by Crippen LogP contribution is 2.26. The third-order valence-corrected chi connectivity index (χ3v) is 3.17. The largest absolute Gasteiger partial charge is 0.489 e. The summed E-state index contributed by atoms with van der Waals surface area (Å²) in [7, 11) is 0. The van der Waals surface area contributed by atoms with Crippen LogP contribution in [0.3, 0.4) is 0 Å². The van der Waals surface area contributed by atoms with Gasteiger partial charge in [-0.05, 0) is 17.2 Å². The van der Waals surface area contributed by atoms with Crippen molar-refractivity contribution in [1.29, 1.82) is 0 Å². The van der Waals surface area contributed by atoms with Gasteiger partial charge < -0.3 is 16.2 Å². The van der Waals surface area contributed by atoms with Crippen molar-refractivity contribution < 1.29 is 4.74 Å². The zero-order chi connectivity index (χ0) is 13.5. The lowest BCUT2D eigenvalue weighted by atomic mass is 9.98. The first kappa shape index (κ1) is 13.6. The van der Waals surface area contributed by atoms with Crippen molar-refractivity contribution >= 4 is 0 Å². The van der Waals surface area contributed by atoms with Gasteiger partial charge in [-0.1, -0.05) is 48.5 Å². The van der Waals surface area contributed by atoms with Gasteiger partial charge in [0.05, 0.1) is 0 Å². The molecule has 100 valence electrons. The van der Waals surface area contributed by atoms with E-state index in [1.807, 2.05) is 54.6 Å². The quantitative estimate of drug-likeness (QED) is 0.833. The van der Waals surface area contributed by atoms with E-state index in [-0.39, 0.29) is 5.92 Å². The lowest BCUT2D eigenvalue weighted by Crippen LogP contribution is -2.21. The second-order valence-corrected chi connectivity index (χ2v) is 4.48. The fraction of sp³-hybridized carbons (Fsp3) is 0.250. The van der Waals surface area contributed by atoms with E-state index in [4.69, 9.17) is 16.2 Å². The van der Waals surface area contributed by atoms with Crippen LogP contribution >= 0.6 is 0 Å². The van der Waals surface area contributed by atoms with Crippen LogP contribution in [0.1, 0.15) is 17.0 Å². The van der Waals surface area contributed by atoms with Crippen LogP contribution in [-0.4, -0.2) is 13.1 Å². The molecule has 0 spiro atoms. The molecule has 0 radical (unpaired) electrons. The zero-order valence-electron chi connectivity index (χ0n) is 11.0. The van der Waals surface area contributed by atoms with Crippen molar-refractivity contribution in [2.24, 2.45) is 11.5 Å². The Bertz CT molecular complexity index is 495. The van der Waals surface area contributed by atoms with Crippen LogP contribution in [0.5, 0.6) is 5.75 Å². The predicted molar refractivity (Wildman–Crippen MR) is 78.1 cm³/mol. The molecule has 0 amide bonds. The van der Waals surface area contributed by atoms with Crippen molar-refractivity contribution in [3.8, 4) is 5.75 Å². The molecule has 19 heavy (non-hydrogen) atoms. The molecule has 0 aromatic heterocycles. The van der Waals surface area contributed by atoms with Crippen LogP contribution in [0.15, 0.2) is 54.6 Å². The second kappa shape index (κ2) is 6.92. The molecule has 0 aliphatic heterocycles.